The Balaban J connectivity index is 1.90. The normalized spacial score (nSPS) is 14.9. The number of para-hydroxylation sites is 1. The molecule has 0 radical (unpaired) electrons. The van der Waals surface area contributed by atoms with Gasteiger partial charge in [-0.1, -0.05) is 31.5 Å². The summed E-state index contributed by atoms with van der Waals surface area (Å²) < 4.78 is 12.7. The largest absolute Gasteiger partial charge is 0.497 e. The summed E-state index contributed by atoms with van der Waals surface area (Å²) in [6.07, 6.45) is 1.94. The molecule has 2 heterocycles. The van der Waals surface area contributed by atoms with Gasteiger partial charge in [-0.05, 0) is 30.7 Å². The number of nitrogens with zero attached hydrogens (tertiary/aromatic N) is 4. The van der Waals surface area contributed by atoms with Crippen LogP contribution in [0.4, 0.5) is 5.69 Å². The van der Waals surface area contributed by atoms with E-state index >= 15 is 0 Å². The van der Waals surface area contributed by atoms with Gasteiger partial charge in [0.25, 0.3) is 5.91 Å². The molecular formula is C24H26N4O3S. The van der Waals surface area contributed by atoms with Crippen molar-refractivity contribution in [2.45, 2.75) is 19.8 Å². The number of aromatic nitrogens is 1. The van der Waals surface area contributed by atoms with Crippen molar-refractivity contribution in [3.05, 3.63) is 58.2 Å². The number of anilines is 1. The van der Waals surface area contributed by atoms with Crippen LogP contribution in [-0.2, 0) is 4.79 Å². The minimum Gasteiger partial charge on any atom is -0.497 e. The number of hydrogen-bond donors (Lipinski definition) is 0. The second-order valence-corrected chi connectivity index (χ2v) is 8.12. The van der Waals surface area contributed by atoms with Gasteiger partial charge in [0.15, 0.2) is 5.71 Å². The molecule has 32 heavy (non-hydrogen) atoms. The van der Waals surface area contributed by atoms with Crippen molar-refractivity contribution in [2.24, 2.45) is 10.1 Å². The maximum Gasteiger partial charge on any atom is 0.279 e. The van der Waals surface area contributed by atoms with Crippen molar-refractivity contribution in [2.75, 3.05) is 32.7 Å². The Morgan fingerprint density at radius 1 is 1.06 bits per heavy atom. The highest BCUT2D eigenvalue weighted by atomic mass is 32.1. The van der Waals surface area contributed by atoms with E-state index in [0.717, 1.165) is 35.3 Å². The predicted molar refractivity (Wildman–Crippen MR) is 128 cm³/mol. The van der Waals surface area contributed by atoms with E-state index in [1.54, 1.807) is 25.9 Å². The summed E-state index contributed by atoms with van der Waals surface area (Å²) >= 11 is 1.45. The highest BCUT2D eigenvalue weighted by molar-refractivity contribution is 7.07. The van der Waals surface area contributed by atoms with Gasteiger partial charge in [0, 0.05) is 30.1 Å². The minimum atomic E-state index is -0.0936. The Labute approximate surface area is 191 Å². The van der Waals surface area contributed by atoms with E-state index in [0.29, 0.717) is 28.6 Å². The van der Waals surface area contributed by atoms with E-state index in [1.165, 1.54) is 11.3 Å². The molecule has 0 saturated heterocycles. The monoisotopic (exact) mass is 450 g/mol. The third-order valence-electron chi connectivity index (χ3n) is 5.39. The number of thiazole rings is 1. The number of fused-ring (bicyclic) bond motifs is 1. The van der Waals surface area contributed by atoms with Gasteiger partial charge in [0.2, 0.25) is 4.80 Å². The SMILES string of the molecule is CCCCN1C(=O)C(=Nn2c(-c3cc(OC)ccc3OC)csc2=NC)c2ccccc21. The van der Waals surface area contributed by atoms with Crippen molar-refractivity contribution >= 4 is 28.6 Å². The molecule has 1 aliphatic rings. The smallest absolute Gasteiger partial charge is 0.279 e. The number of methoxy groups -OCH3 is 2. The summed E-state index contributed by atoms with van der Waals surface area (Å²) in [5, 5.41) is 6.80. The van der Waals surface area contributed by atoms with Crippen LogP contribution in [0.5, 0.6) is 11.5 Å². The van der Waals surface area contributed by atoms with Crippen molar-refractivity contribution < 1.29 is 14.3 Å². The van der Waals surface area contributed by atoms with Crippen molar-refractivity contribution in [1.29, 1.82) is 0 Å². The van der Waals surface area contributed by atoms with Gasteiger partial charge in [0.1, 0.15) is 11.5 Å². The molecule has 8 heteroatoms. The van der Waals surface area contributed by atoms with Gasteiger partial charge < -0.3 is 14.4 Å². The standard InChI is InChI=1S/C24H26N4O3S/c1-5-6-13-27-19-10-8-7-9-17(19)22(23(27)29)26-28-20(15-32-24(28)25-2)18-14-16(30-3)11-12-21(18)31-4/h7-12,14-15H,5-6,13H2,1-4H3. The van der Waals surface area contributed by atoms with Crippen LogP contribution in [0.15, 0.2) is 57.9 Å². The molecule has 0 spiro atoms. The van der Waals surface area contributed by atoms with Crippen LogP contribution in [0.2, 0.25) is 0 Å². The van der Waals surface area contributed by atoms with Crippen LogP contribution in [0.25, 0.3) is 11.3 Å². The zero-order valence-electron chi connectivity index (χ0n) is 18.7. The average Bonchev–Trinajstić information content (AvgIpc) is 3.36. The summed E-state index contributed by atoms with van der Waals surface area (Å²) in [7, 11) is 4.97. The Kier molecular flexibility index (Phi) is 6.41. The third kappa shape index (κ3) is 3.82. The lowest BCUT2D eigenvalue weighted by Crippen LogP contribution is -2.31. The maximum atomic E-state index is 13.4. The van der Waals surface area contributed by atoms with Crippen molar-refractivity contribution in [3.63, 3.8) is 0 Å². The number of carbonyl (C=O) groups is 1. The van der Waals surface area contributed by atoms with E-state index in [-0.39, 0.29) is 5.91 Å². The van der Waals surface area contributed by atoms with Crippen LogP contribution in [-0.4, -0.2) is 44.1 Å². The average molecular weight is 451 g/mol. The van der Waals surface area contributed by atoms with Crippen LogP contribution in [0, 0.1) is 0 Å². The zero-order chi connectivity index (χ0) is 22.7. The third-order valence-corrected chi connectivity index (χ3v) is 6.30. The lowest BCUT2D eigenvalue weighted by atomic mass is 10.1. The van der Waals surface area contributed by atoms with Gasteiger partial charge >= 0.3 is 0 Å². The number of ether oxygens (including phenoxy) is 2. The van der Waals surface area contributed by atoms with E-state index in [2.05, 4.69) is 11.9 Å². The Morgan fingerprint density at radius 2 is 1.88 bits per heavy atom. The quantitative estimate of drug-likeness (QED) is 0.543. The predicted octanol–water partition coefficient (Wildman–Crippen LogP) is 4.16. The maximum absolute atomic E-state index is 13.4. The zero-order valence-corrected chi connectivity index (χ0v) is 19.5. The molecule has 0 atom stereocenters. The van der Waals surface area contributed by atoms with Gasteiger partial charge in [-0.2, -0.15) is 5.10 Å². The first-order chi connectivity index (χ1) is 15.6. The second-order valence-electron chi connectivity index (χ2n) is 7.28. The number of amides is 1. The molecule has 0 fully saturated rings. The summed E-state index contributed by atoms with van der Waals surface area (Å²) in [5.41, 5.74) is 3.72. The minimum absolute atomic E-state index is 0.0936. The van der Waals surface area contributed by atoms with Crippen LogP contribution < -0.4 is 19.2 Å². The number of hydrogen-bond acceptors (Lipinski definition) is 6. The first kappa shape index (κ1) is 21.8. The van der Waals surface area contributed by atoms with E-state index in [1.807, 2.05) is 52.7 Å². The van der Waals surface area contributed by atoms with Gasteiger partial charge in [-0.3, -0.25) is 9.79 Å². The lowest BCUT2D eigenvalue weighted by Gasteiger charge is -2.15. The number of benzene rings is 2. The molecule has 1 aromatic heterocycles. The summed E-state index contributed by atoms with van der Waals surface area (Å²) in [6, 6.07) is 13.4. The number of rotatable bonds is 7. The first-order valence-corrected chi connectivity index (χ1v) is 11.4. The summed E-state index contributed by atoms with van der Waals surface area (Å²) in [5.74, 6) is 1.29. The second kappa shape index (κ2) is 9.40. The van der Waals surface area contributed by atoms with Crippen molar-refractivity contribution in [3.8, 4) is 22.8 Å². The highest BCUT2D eigenvalue weighted by Gasteiger charge is 2.34. The Morgan fingerprint density at radius 3 is 2.59 bits per heavy atom. The molecule has 4 rings (SSSR count). The molecular weight excluding hydrogens is 424 g/mol. The Hall–Kier alpha value is -3.39. The Bertz CT molecular complexity index is 1240. The van der Waals surface area contributed by atoms with E-state index in [9.17, 15) is 4.79 Å². The first-order valence-electron chi connectivity index (χ1n) is 10.5. The topological polar surface area (TPSA) is 68.4 Å². The fourth-order valence-electron chi connectivity index (χ4n) is 3.74. The summed E-state index contributed by atoms with van der Waals surface area (Å²) in [4.78, 5) is 20.3. The molecule has 3 aromatic rings. The molecule has 1 amide bonds. The lowest BCUT2D eigenvalue weighted by molar-refractivity contribution is -0.112. The molecule has 0 bridgehead atoms. The fraction of sp³-hybridized carbons (Fsp3) is 0.292. The highest BCUT2D eigenvalue weighted by Crippen LogP contribution is 2.35. The van der Waals surface area contributed by atoms with Gasteiger partial charge in [-0.15, -0.1) is 11.3 Å². The van der Waals surface area contributed by atoms with E-state index in [4.69, 9.17) is 14.6 Å². The number of carbonyl (C=O) groups excluding carboxylic acids is 1. The van der Waals surface area contributed by atoms with Gasteiger partial charge in [-0.25, -0.2) is 4.68 Å². The molecule has 0 aliphatic carbocycles. The molecule has 2 aromatic carbocycles. The van der Waals surface area contributed by atoms with Crippen LogP contribution in [0.1, 0.15) is 25.3 Å². The van der Waals surface area contributed by atoms with Crippen molar-refractivity contribution in [1.82, 2.24) is 4.68 Å². The van der Waals surface area contributed by atoms with E-state index < -0.39 is 0 Å². The molecule has 0 saturated carbocycles. The molecule has 0 unspecified atom stereocenters. The van der Waals surface area contributed by atoms with Gasteiger partial charge in [0.05, 0.1) is 25.6 Å². The fourth-order valence-corrected chi connectivity index (χ4v) is 4.53. The number of unbranched alkanes of at least 4 members (excludes halogenated alkanes) is 1. The van der Waals surface area contributed by atoms with Crippen LogP contribution >= 0.6 is 11.3 Å². The molecule has 7 nitrogen and oxygen atoms in total. The molecule has 0 N–H and O–H groups in total. The molecule has 1 aliphatic heterocycles. The van der Waals surface area contributed by atoms with Crippen LogP contribution in [0.3, 0.4) is 0 Å². The summed E-state index contributed by atoms with van der Waals surface area (Å²) in [6.45, 7) is 2.78. The molecule has 166 valence electrons.